The number of rotatable bonds is 4. The summed E-state index contributed by atoms with van der Waals surface area (Å²) in [4.78, 5) is 17.3. The van der Waals surface area contributed by atoms with Crippen LogP contribution >= 0.6 is 11.6 Å². The Bertz CT molecular complexity index is 1070. The molecule has 0 fully saturated rings. The van der Waals surface area contributed by atoms with Gasteiger partial charge >= 0.3 is 5.97 Å². The van der Waals surface area contributed by atoms with Crippen LogP contribution in [0.25, 0.3) is 10.8 Å². The van der Waals surface area contributed by atoms with Crippen molar-refractivity contribution in [3.63, 3.8) is 0 Å². The van der Waals surface area contributed by atoms with Crippen molar-refractivity contribution in [3.8, 4) is 0 Å². The average molecular weight is 374 g/mol. The van der Waals surface area contributed by atoms with E-state index < -0.39 is 12.1 Å². The van der Waals surface area contributed by atoms with Gasteiger partial charge in [0.2, 0.25) is 0 Å². The lowest BCUT2D eigenvalue weighted by Gasteiger charge is -2.19. The van der Waals surface area contributed by atoms with Crippen molar-refractivity contribution in [3.05, 3.63) is 113 Å². The first-order valence-corrected chi connectivity index (χ1v) is 8.95. The van der Waals surface area contributed by atoms with Crippen molar-refractivity contribution in [1.29, 1.82) is 0 Å². The van der Waals surface area contributed by atoms with Gasteiger partial charge in [0.1, 0.15) is 0 Å². The Labute approximate surface area is 162 Å². The van der Waals surface area contributed by atoms with Gasteiger partial charge in [-0.25, -0.2) is 4.79 Å². The highest BCUT2D eigenvalue weighted by Gasteiger charge is 2.23. The fraction of sp³-hybridized carbons (Fsp3) is 0.0435. The van der Waals surface area contributed by atoms with E-state index in [0.717, 1.165) is 16.3 Å². The third-order valence-corrected chi connectivity index (χ3v) is 4.61. The molecule has 0 radical (unpaired) electrons. The molecule has 0 aliphatic heterocycles. The monoisotopic (exact) mass is 373 g/mol. The highest BCUT2D eigenvalue weighted by Crippen LogP contribution is 2.31. The van der Waals surface area contributed by atoms with Crippen molar-refractivity contribution in [2.45, 2.75) is 6.10 Å². The molecule has 3 nitrogen and oxygen atoms in total. The highest BCUT2D eigenvalue weighted by molar-refractivity contribution is 6.30. The minimum atomic E-state index is -0.611. The lowest BCUT2D eigenvalue weighted by Crippen LogP contribution is -2.14. The summed E-state index contributed by atoms with van der Waals surface area (Å²) in [5, 5.41) is 2.57. The number of pyridine rings is 1. The molecule has 0 N–H and O–H groups in total. The molecule has 1 unspecified atom stereocenters. The number of esters is 1. The van der Waals surface area contributed by atoms with Crippen LogP contribution in [0.4, 0.5) is 0 Å². The first-order valence-electron chi connectivity index (χ1n) is 8.57. The number of fused-ring (bicyclic) bond motifs is 1. The Kier molecular flexibility index (Phi) is 4.86. The molecule has 0 amide bonds. The van der Waals surface area contributed by atoms with Crippen LogP contribution in [0.1, 0.15) is 27.7 Å². The van der Waals surface area contributed by atoms with Crippen LogP contribution in [0.2, 0.25) is 5.02 Å². The van der Waals surface area contributed by atoms with E-state index in [1.165, 1.54) is 0 Å². The lowest BCUT2D eigenvalue weighted by molar-refractivity contribution is 0.0373. The number of carbonyl (C=O) groups excluding carboxylic acids is 1. The third kappa shape index (κ3) is 3.69. The fourth-order valence-electron chi connectivity index (χ4n) is 3.02. The predicted octanol–water partition coefficient (Wildman–Crippen LogP) is 5.83. The molecule has 4 heteroatoms. The zero-order valence-electron chi connectivity index (χ0n) is 14.4. The van der Waals surface area contributed by atoms with Crippen LogP contribution in [-0.4, -0.2) is 11.0 Å². The van der Waals surface area contributed by atoms with Crippen LogP contribution in [0.3, 0.4) is 0 Å². The van der Waals surface area contributed by atoms with Gasteiger partial charge in [-0.15, -0.1) is 0 Å². The van der Waals surface area contributed by atoms with Crippen LogP contribution < -0.4 is 0 Å². The van der Waals surface area contributed by atoms with E-state index in [1.807, 2.05) is 60.7 Å². The minimum Gasteiger partial charge on any atom is -0.447 e. The highest BCUT2D eigenvalue weighted by atomic mass is 35.5. The molecule has 0 aliphatic rings. The summed E-state index contributed by atoms with van der Waals surface area (Å²) >= 11 is 5.92. The van der Waals surface area contributed by atoms with Crippen molar-refractivity contribution in [1.82, 2.24) is 4.98 Å². The maximum Gasteiger partial charge on any atom is 0.339 e. The second-order valence-electron chi connectivity index (χ2n) is 6.12. The van der Waals surface area contributed by atoms with E-state index in [4.69, 9.17) is 16.3 Å². The molecule has 0 saturated carbocycles. The van der Waals surface area contributed by atoms with Gasteiger partial charge < -0.3 is 4.74 Å². The quantitative estimate of drug-likeness (QED) is 0.422. The number of nitrogens with zero attached hydrogens (tertiary/aromatic N) is 1. The fourth-order valence-corrected chi connectivity index (χ4v) is 3.15. The number of ether oxygens (including phenoxy) is 1. The summed E-state index contributed by atoms with van der Waals surface area (Å²) in [5.41, 5.74) is 2.02. The molecular formula is C23H16ClNO2. The first kappa shape index (κ1) is 17.3. The normalized spacial score (nSPS) is 11.9. The van der Waals surface area contributed by atoms with Gasteiger partial charge in [-0.1, -0.05) is 66.2 Å². The van der Waals surface area contributed by atoms with E-state index >= 15 is 0 Å². The molecule has 0 bridgehead atoms. The van der Waals surface area contributed by atoms with Gasteiger partial charge in [0.25, 0.3) is 0 Å². The molecule has 4 rings (SSSR count). The van der Waals surface area contributed by atoms with Crippen molar-refractivity contribution in [2.24, 2.45) is 0 Å². The predicted molar refractivity (Wildman–Crippen MR) is 107 cm³/mol. The van der Waals surface area contributed by atoms with E-state index in [-0.39, 0.29) is 0 Å². The topological polar surface area (TPSA) is 39.2 Å². The van der Waals surface area contributed by atoms with Crippen molar-refractivity contribution >= 4 is 28.3 Å². The largest absolute Gasteiger partial charge is 0.447 e. The molecule has 132 valence electrons. The Morgan fingerprint density at radius 3 is 2.33 bits per heavy atom. The molecule has 3 aromatic carbocycles. The maximum absolute atomic E-state index is 12.8. The molecule has 0 aliphatic carbocycles. The number of aromatic nitrogens is 1. The Morgan fingerprint density at radius 2 is 1.56 bits per heavy atom. The van der Waals surface area contributed by atoms with Gasteiger partial charge in [-0.3, -0.25) is 4.98 Å². The third-order valence-electron chi connectivity index (χ3n) is 4.36. The van der Waals surface area contributed by atoms with Crippen molar-refractivity contribution in [2.75, 3.05) is 0 Å². The second-order valence-corrected chi connectivity index (χ2v) is 6.56. The summed E-state index contributed by atoms with van der Waals surface area (Å²) in [7, 11) is 0. The molecule has 1 atom stereocenters. The Morgan fingerprint density at radius 1 is 0.852 bits per heavy atom. The van der Waals surface area contributed by atoms with Gasteiger partial charge in [0, 0.05) is 16.6 Å². The van der Waals surface area contributed by atoms with Crippen LogP contribution in [0.15, 0.2) is 91.1 Å². The van der Waals surface area contributed by atoms with Gasteiger partial charge in [0.05, 0.1) is 11.3 Å². The van der Waals surface area contributed by atoms with Crippen LogP contribution in [-0.2, 0) is 4.74 Å². The zero-order valence-corrected chi connectivity index (χ0v) is 15.1. The number of hydrogen-bond donors (Lipinski definition) is 0. The molecular weight excluding hydrogens is 358 g/mol. The average Bonchev–Trinajstić information content (AvgIpc) is 2.73. The summed E-state index contributed by atoms with van der Waals surface area (Å²) in [6.45, 7) is 0. The zero-order chi connectivity index (χ0) is 18.6. The van der Waals surface area contributed by atoms with E-state index in [0.29, 0.717) is 16.3 Å². The Hall–Kier alpha value is -3.17. The maximum atomic E-state index is 12.8. The smallest absolute Gasteiger partial charge is 0.339 e. The molecule has 27 heavy (non-hydrogen) atoms. The summed E-state index contributed by atoms with van der Waals surface area (Å²) in [6.07, 6.45) is 1.13. The number of benzene rings is 3. The second kappa shape index (κ2) is 7.60. The van der Waals surface area contributed by atoms with E-state index in [9.17, 15) is 4.79 Å². The molecule has 1 heterocycles. The SMILES string of the molecule is O=C(OC(c1ccccc1)c1nccc2ccccc12)c1ccc(Cl)cc1. The van der Waals surface area contributed by atoms with Gasteiger partial charge in [-0.2, -0.15) is 0 Å². The number of hydrogen-bond acceptors (Lipinski definition) is 3. The Balaban J connectivity index is 1.78. The summed E-state index contributed by atoms with van der Waals surface area (Å²) < 4.78 is 5.91. The molecule has 1 aromatic heterocycles. The summed E-state index contributed by atoms with van der Waals surface area (Å²) in [5.74, 6) is -0.421. The first-order chi connectivity index (χ1) is 13.2. The van der Waals surface area contributed by atoms with Crippen LogP contribution in [0.5, 0.6) is 0 Å². The number of carbonyl (C=O) groups is 1. The van der Waals surface area contributed by atoms with E-state index in [1.54, 1.807) is 30.5 Å². The van der Waals surface area contributed by atoms with E-state index in [2.05, 4.69) is 4.98 Å². The molecule has 0 spiro atoms. The van der Waals surface area contributed by atoms with Gasteiger partial charge in [0.15, 0.2) is 6.10 Å². The summed E-state index contributed by atoms with van der Waals surface area (Å²) in [6, 6.07) is 26.2. The minimum absolute atomic E-state index is 0.421. The van der Waals surface area contributed by atoms with Crippen molar-refractivity contribution < 1.29 is 9.53 Å². The standard InChI is InChI=1S/C23H16ClNO2/c24-19-12-10-18(11-13-19)23(26)27-22(17-7-2-1-3-8-17)21-20-9-5-4-6-16(20)14-15-25-21/h1-15,22H. The molecule has 4 aromatic rings. The van der Waals surface area contributed by atoms with Crippen LogP contribution in [0, 0.1) is 0 Å². The number of halogens is 1. The lowest BCUT2D eigenvalue weighted by atomic mass is 10.0. The van der Waals surface area contributed by atoms with Gasteiger partial charge in [-0.05, 0) is 41.3 Å². The molecule has 0 saturated heterocycles.